The summed E-state index contributed by atoms with van der Waals surface area (Å²) in [5.74, 6) is 2.62. The summed E-state index contributed by atoms with van der Waals surface area (Å²) in [7, 11) is 0. The summed E-state index contributed by atoms with van der Waals surface area (Å²) in [6, 6.07) is 6.05. The fourth-order valence-electron chi connectivity index (χ4n) is 2.37. The van der Waals surface area contributed by atoms with E-state index in [1.807, 2.05) is 25.1 Å². The molecular formula is C15H15N5O. The molecule has 3 aromatic rings. The largest absolute Gasteiger partial charge is 0.423 e. The monoisotopic (exact) mass is 281 g/mol. The summed E-state index contributed by atoms with van der Waals surface area (Å²) in [6.07, 6.45) is 3.89. The summed E-state index contributed by atoms with van der Waals surface area (Å²) in [5, 5.41) is 12.4. The van der Waals surface area contributed by atoms with Crippen LogP contribution in [0.25, 0.3) is 10.9 Å². The molecule has 4 rings (SSSR count). The van der Waals surface area contributed by atoms with E-state index in [0.29, 0.717) is 18.4 Å². The molecule has 1 N–H and O–H groups in total. The molecule has 0 aliphatic heterocycles. The van der Waals surface area contributed by atoms with E-state index in [-0.39, 0.29) is 0 Å². The predicted octanol–water partition coefficient (Wildman–Crippen LogP) is 2.81. The highest BCUT2D eigenvalue weighted by Gasteiger charge is 2.29. The lowest BCUT2D eigenvalue weighted by molar-refractivity contribution is 0.457. The van der Waals surface area contributed by atoms with Gasteiger partial charge in [-0.3, -0.25) is 0 Å². The van der Waals surface area contributed by atoms with Gasteiger partial charge in [-0.05, 0) is 31.4 Å². The highest BCUT2D eigenvalue weighted by atomic mass is 16.4. The Kier molecular flexibility index (Phi) is 2.80. The van der Waals surface area contributed by atoms with Crippen molar-refractivity contribution in [1.82, 2.24) is 20.2 Å². The fraction of sp³-hybridized carbons (Fsp3) is 0.333. The number of para-hydroxylation sites is 1. The van der Waals surface area contributed by atoms with Crippen LogP contribution in [-0.4, -0.2) is 20.2 Å². The number of nitrogens with one attached hydrogen (secondary N) is 1. The summed E-state index contributed by atoms with van der Waals surface area (Å²) in [4.78, 5) is 8.63. The number of aryl methyl sites for hydroxylation is 1. The highest BCUT2D eigenvalue weighted by Crippen LogP contribution is 2.39. The zero-order chi connectivity index (χ0) is 14.2. The first kappa shape index (κ1) is 12.3. The van der Waals surface area contributed by atoms with Gasteiger partial charge in [0.05, 0.1) is 12.1 Å². The van der Waals surface area contributed by atoms with Crippen molar-refractivity contribution in [2.45, 2.75) is 32.2 Å². The van der Waals surface area contributed by atoms with E-state index in [1.54, 1.807) is 6.33 Å². The number of benzene rings is 1. The Labute approximate surface area is 121 Å². The maximum Gasteiger partial charge on any atom is 0.235 e. The molecule has 0 atom stereocenters. The Bertz CT molecular complexity index is 794. The molecule has 0 amide bonds. The van der Waals surface area contributed by atoms with E-state index in [1.165, 1.54) is 0 Å². The zero-order valence-corrected chi connectivity index (χ0v) is 11.7. The van der Waals surface area contributed by atoms with Gasteiger partial charge in [-0.15, -0.1) is 10.2 Å². The Hall–Kier alpha value is -2.50. The molecule has 1 fully saturated rings. The molecule has 0 saturated heterocycles. The molecule has 106 valence electrons. The van der Waals surface area contributed by atoms with Gasteiger partial charge in [0.25, 0.3) is 0 Å². The molecule has 0 radical (unpaired) electrons. The van der Waals surface area contributed by atoms with Crippen LogP contribution in [0.5, 0.6) is 0 Å². The van der Waals surface area contributed by atoms with Crippen LogP contribution in [-0.2, 0) is 6.54 Å². The van der Waals surface area contributed by atoms with Gasteiger partial charge < -0.3 is 9.73 Å². The van der Waals surface area contributed by atoms with Crippen molar-refractivity contribution in [3.05, 3.63) is 41.9 Å². The minimum atomic E-state index is 0.472. The maximum atomic E-state index is 5.64. The topological polar surface area (TPSA) is 76.7 Å². The van der Waals surface area contributed by atoms with Crippen LogP contribution in [0.15, 0.2) is 28.9 Å². The first-order chi connectivity index (χ1) is 10.3. The number of hydrogen-bond donors (Lipinski definition) is 1. The number of nitrogens with zero attached hydrogens (tertiary/aromatic N) is 4. The van der Waals surface area contributed by atoms with Crippen molar-refractivity contribution >= 4 is 16.7 Å². The van der Waals surface area contributed by atoms with Crippen LogP contribution in [0.2, 0.25) is 0 Å². The molecule has 1 aromatic carbocycles. The number of hydrogen-bond acceptors (Lipinski definition) is 6. The van der Waals surface area contributed by atoms with Crippen molar-refractivity contribution < 1.29 is 4.42 Å². The van der Waals surface area contributed by atoms with Gasteiger partial charge in [-0.25, -0.2) is 9.97 Å². The Morgan fingerprint density at radius 3 is 3.00 bits per heavy atom. The van der Waals surface area contributed by atoms with E-state index in [4.69, 9.17) is 4.42 Å². The molecule has 2 aromatic heterocycles. The Balaban J connectivity index is 1.57. The number of aromatic nitrogens is 4. The second-order valence-electron chi connectivity index (χ2n) is 5.36. The molecule has 0 bridgehead atoms. The summed E-state index contributed by atoms with van der Waals surface area (Å²) < 4.78 is 5.64. The quantitative estimate of drug-likeness (QED) is 0.792. The summed E-state index contributed by atoms with van der Waals surface area (Å²) in [5.41, 5.74) is 2.09. The Morgan fingerprint density at radius 1 is 1.24 bits per heavy atom. The molecule has 6 heteroatoms. The van der Waals surface area contributed by atoms with Crippen LogP contribution in [0, 0.1) is 6.92 Å². The SMILES string of the molecule is Cc1cccc2c(NCc3nnc(C4CC4)o3)ncnc12. The first-order valence-corrected chi connectivity index (χ1v) is 7.08. The van der Waals surface area contributed by atoms with E-state index in [9.17, 15) is 0 Å². The lowest BCUT2D eigenvalue weighted by Gasteiger charge is -2.07. The predicted molar refractivity (Wildman–Crippen MR) is 77.9 cm³/mol. The van der Waals surface area contributed by atoms with E-state index >= 15 is 0 Å². The second kappa shape index (κ2) is 4.80. The van der Waals surface area contributed by atoms with Crippen molar-refractivity contribution in [1.29, 1.82) is 0 Å². The van der Waals surface area contributed by atoms with Crippen molar-refractivity contribution in [3.8, 4) is 0 Å². The third-order valence-electron chi connectivity index (χ3n) is 3.68. The van der Waals surface area contributed by atoms with Crippen LogP contribution in [0.3, 0.4) is 0 Å². The molecular weight excluding hydrogens is 266 g/mol. The van der Waals surface area contributed by atoms with Gasteiger partial charge in [0.2, 0.25) is 11.8 Å². The molecule has 1 saturated carbocycles. The van der Waals surface area contributed by atoms with E-state index in [0.717, 1.165) is 41.0 Å². The molecule has 0 unspecified atom stereocenters. The lowest BCUT2D eigenvalue weighted by atomic mass is 10.1. The van der Waals surface area contributed by atoms with Gasteiger partial charge in [-0.2, -0.15) is 0 Å². The Morgan fingerprint density at radius 2 is 2.14 bits per heavy atom. The minimum Gasteiger partial charge on any atom is -0.423 e. The van der Waals surface area contributed by atoms with Crippen LogP contribution in [0.1, 0.15) is 36.1 Å². The standard InChI is InChI=1S/C15H15N5O/c1-9-3-2-4-11-13(9)17-8-18-14(11)16-7-12-19-20-15(21-12)10-5-6-10/h2-4,8,10H,5-7H2,1H3,(H,16,17,18). The van der Waals surface area contributed by atoms with E-state index in [2.05, 4.69) is 25.5 Å². The van der Waals surface area contributed by atoms with Crippen LogP contribution in [0.4, 0.5) is 5.82 Å². The van der Waals surface area contributed by atoms with E-state index < -0.39 is 0 Å². The molecule has 0 spiro atoms. The fourth-order valence-corrected chi connectivity index (χ4v) is 2.37. The first-order valence-electron chi connectivity index (χ1n) is 7.08. The van der Waals surface area contributed by atoms with Crippen LogP contribution < -0.4 is 5.32 Å². The number of rotatable bonds is 4. The lowest BCUT2D eigenvalue weighted by Crippen LogP contribution is -2.03. The van der Waals surface area contributed by atoms with Crippen molar-refractivity contribution in [2.24, 2.45) is 0 Å². The second-order valence-corrected chi connectivity index (χ2v) is 5.36. The van der Waals surface area contributed by atoms with Gasteiger partial charge in [-0.1, -0.05) is 12.1 Å². The highest BCUT2D eigenvalue weighted by molar-refractivity contribution is 5.90. The molecule has 1 aliphatic rings. The average molecular weight is 281 g/mol. The maximum absolute atomic E-state index is 5.64. The van der Waals surface area contributed by atoms with Gasteiger partial charge in [0, 0.05) is 11.3 Å². The molecule has 6 nitrogen and oxygen atoms in total. The van der Waals surface area contributed by atoms with Crippen molar-refractivity contribution in [2.75, 3.05) is 5.32 Å². The average Bonchev–Trinajstić information content (AvgIpc) is 3.25. The van der Waals surface area contributed by atoms with Crippen LogP contribution >= 0.6 is 0 Å². The smallest absolute Gasteiger partial charge is 0.235 e. The molecule has 1 aliphatic carbocycles. The van der Waals surface area contributed by atoms with Gasteiger partial charge in [0.1, 0.15) is 12.1 Å². The molecule has 21 heavy (non-hydrogen) atoms. The van der Waals surface area contributed by atoms with Gasteiger partial charge >= 0.3 is 0 Å². The number of anilines is 1. The van der Waals surface area contributed by atoms with Crippen molar-refractivity contribution in [3.63, 3.8) is 0 Å². The normalized spacial score (nSPS) is 14.5. The zero-order valence-electron chi connectivity index (χ0n) is 11.7. The summed E-state index contributed by atoms with van der Waals surface area (Å²) >= 11 is 0. The summed E-state index contributed by atoms with van der Waals surface area (Å²) in [6.45, 7) is 2.51. The number of fused-ring (bicyclic) bond motifs is 1. The third kappa shape index (κ3) is 2.33. The molecule has 2 heterocycles. The van der Waals surface area contributed by atoms with Gasteiger partial charge in [0.15, 0.2) is 0 Å². The third-order valence-corrected chi connectivity index (χ3v) is 3.68. The minimum absolute atomic E-state index is 0.472.